The van der Waals surface area contributed by atoms with Crippen molar-refractivity contribution in [3.8, 4) is 5.75 Å². The molecule has 3 nitrogen and oxygen atoms in total. The molecule has 1 aromatic carbocycles. The normalized spacial score (nSPS) is 10.3. The van der Waals surface area contributed by atoms with Crippen LogP contribution < -0.4 is 4.74 Å². The highest BCUT2D eigenvalue weighted by Crippen LogP contribution is 2.48. The Labute approximate surface area is 116 Å². The molecule has 0 unspecified atom stereocenters. The summed E-state index contributed by atoms with van der Waals surface area (Å²) in [6.07, 6.45) is 0. The molecule has 0 saturated heterocycles. The summed E-state index contributed by atoms with van der Waals surface area (Å²) in [4.78, 5) is 10.3. The first kappa shape index (κ1) is 14.0. The van der Waals surface area contributed by atoms with E-state index in [1.807, 2.05) is 0 Å². The molecule has 0 heterocycles. The van der Waals surface area contributed by atoms with Crippen LogP contribution in [0.5, 0.6) is 5.75 Å². The second kappa shape index (κ2) is 5.52. The van der Waals surface area contributed by atoms with Crippen molar-refractivity contribution in [2.75, 3.05) is 6.61 Å². The van der Waals surface area contributed by atoms with Crippen molar-refractivity contribution in [1.29, 1.82) is 0 Å². The number of carbonyl (C=O) groups is 1. The maximum absolute atomic E-state index is 10.3. The zero-order chi connectivity index (χ0) is 12.5. The first-order chi connectivity index (χ1) is 7.36. The van der Waals surface area contributed by atoms with Gasteiger partial charge in [0.2, 0.25) is 0 Å². The van der Waals surface area contributed by atoms with Gasteiger partial charge in [-0.3, -0.25) is 0 Å². The van der Waals surface area contributed by atoms with Crippen LogP contribution in [0.3, 0.4) is 0 Å². The van der Waals surface area contributed by atoms with Crippen LogP contribution in [0.2, 0.25) is 25.1 Å². The molecule has 1 rings (SSSR count). The SMILES string of the molecule is O=C(O)COc1c(Cl)c(Cl)c(Cl)c(Cl)c1Cl. The number of halogens is 5. The van der Waals surface area contributed by atoms with Crippen LogP contribution >= 0.6 is 58.0 Å². The van der Waals surface area contributed by atoms with Crippen molar-refractivity contribution in [1.82, 2.24) is 0 Å². The average Bonchev–Trinajstić information content (AvgIpc) is 2.23. The maximum atomic E-state index is 10.3. The third kappa shape index (κ3) is 2.79. The minimum absolute atomic E-state index is 0.0130. The Morgan fingerprint density at radius 3 is 1.69 bits per heavy atom. The Morgan fingerprint density at radius 2 is 1.31 bits per heavy atom. The van der Waals surface area contributed by atoms with E-state index in [9.17, 15) is 4.79 Å². The van der Waals surface area contributed by atoms with Crippen LogP contribution in [0.1, 0.15) is 0 Å². The van der Waals surface area contributed by atoms with Gasteiger partial charge in [-0.2, -0.15) is 0 Å². The predicted molar refractivity (Wildman–Crippen MR) is 64.6 cm³/mol. The zero-order valence-electron chi connectivity index (χ0n) is 7.36. The standard InChI is InChI=1S/C8H3Cl5O3/c9-3-4(10)6(12)8(7(13)5(3)11)16-1-2(14)15/h1H2,(H,14,15). The van der Waals surface area contributed by atoms with Gasteiger partial charge in [-0.25, -0.2) is 4.79 Å². The predicted octanol–water partition coefficient (Wildman–Crippen LogP) is 4.42. The molecular formula is C8H3Cl5O3. The highest BCUT2D eigenvalue weighted by Gasteiger charge is 2.20. The van der Waals surface area contributed by atoms with E-state index in [-0.39, 0.29) is 30.9 Å². The molecule has 0 aliphatic rings. The molecule has 0 aromatic heterocycles. The van der Waals surface area contributed by atoms with Crippen molar-refractivity contribution in [3.63, 3.8) is 0 Å². The molecule has 1 aromatic rings. The number of hydrogen-bond acceptors (Lipinski definition) is 2. The molecule has 0 amide bonds. The van der Waals surface area contributed by atoms with Gasteiger partial charge in [0, 0.05) is 0 Å². The Balaban J connectivity index is 3.23. The van der Waals surface area contributed by atoms with E-state index in [1.165, 1.54) is 0 Å². The Hall–Kier alpha value is -0.0600. The molecule has 1 N–H and O–H groups in total. The van der Waals surface area contributed by atoms with Crippen LogP contribution in [0.25, 0.3) is 0 Å². The van der Waals surface area contributed by atoms with E-state index >= 15 is 0 Å². The molecule has 88 valence electrons. The Kier molecular flexibility index (Phi) is 4.83. The third-order valence-corrected chi connectivity index (χ3v) is 3.75. The summed E-state index contributed by atoms with van der Waals surface area (Å²) >= 11 is 28.8. The summed E-state index contributed by atoms with van der Waals surface area (Å²) in [5.74, 6) is -1.29. The summed E-state index contributed by atoms with van der Waals surface area (Å²) in [6, 6.07) is 0. The minimum atomic E-state index is -1.19. The van der Waals surface area contributed by atoms with Gasteiger partial charge in [-0.1, -0.05) is 58.0 Å². The van der Waals surface area contributed by atoms with Crippen LogP contribution in [-0.2, 0) is 4.79 Å². The second-order valence-corrected chi connectivity index (χ2v) is 4.47. The number of carboxylic acid groups (broad SMARTS) is 1. The molecular weight excluding hydrogens is 321 g/mol. The minimum Gasteiger partial charge on any atom is -0.479 e. The summed E-state index contributed by atoms with van der Waals surface area (Å²) < 4.78 is 4.85. The molecule has 0 saturated carbocycles. The lowest BCUT2D eigenvalue weighted by molar-refractivity contribution is -0.139. The monoisotopic (exact) mass is 322 g/mol. The number of benzene rings is 1. The molecule has 0 aliphatic carbocycles. The molecule has 0 spiro atoms. The second-order valence-electron chi connectivity index (χ2n) is 2.58. The number of aliphatic carboxylic acids is 1. The van der Waals surface area contributed by atoms with Crippen molar-refractivity contribution in [2.45, 2.75) is 0 Å². The van der Waals surface area contributed by atoms with Crippen molar-refractivity contribution >= 4 is 64.0 Å². The van der Waals surface area contributed by atoms with Crippen LogP contribution in [0.15, 0.2) is 0 Å². The first-order valence-corrected chi connectivity index (χ1v) is 5.61. The van der Waals surface area contributed by atoms with E-state index in [0.29, 0.717) is 0 Å². The average molecular weight is 324 g/mol. The van der Waals surface area contributed by atoms with E-state index in [1.54, 1.807) is 0 Å². The summed E-state index contributed by atoms with van der Waals surface area (Å²) in [5.41, 5.74) is 0. The fourth-order valence-electron chi connectivity index (χ4n) is 0.845. The fraction of sp³-hybridized carbons (Fsp3) is 0.125. The molecule has 0 radical (unpaired) electrons. The van der Waals surface area contributed by atoms with Crippen LogP contribution in [0, 0.1) is 0 Å². The van der Waals surface area contributed by atoms with Crippen molar-refractivity contribution in [3.05, 3.63) is 25.1 Å². The van der Waals surface area contributed by atoms with Gasteiger partial charge in [0.15, 0.2) is 12.4 Å². The zero-order valence-corrected chi connectivity index (χ0v) is 11.1. The summed E-state index contributed by atoms with van der Waals surface area (Å²) in [7, 11) is 0. The Bertz CT molecular complexity index is 417. The molecule has 0 bridgehead atoms. The quantitative estimate of drug-likeness (QED) is 0.661. The van der Waals surface area contributed by atoms with Gasteiger partial charge in [-0.05, 0) is 0 Å². The van der Waals surface area contributed by atoms with Gasteiger partial charge in [0.1, 0.15) is 10.0 Å². The maximum Gasteiger partial charge on any atom is 0.341 e. The van der Waals surface area contributed by atoms with E-state index in [2.05, 4.69) is 0 Å². The lowest BCUT2D eigenvalue weighted by Crippen LogP contribution is -2.10. The van der Waals surface area contributed by atoms with Gasteiger partial charge in [-0.15, -0.1) is 0 Å². The molecule has 8 heteroatoms. The molecule has 16 heavy (non-hydrogen) atoms. The topological polar surface area (TPSA) is 46.5 Å². The number of ether oxygens (including phenoxy) is 1. The van der Waals surface area contributed by atoms with E-state index < -0.39 is 12.6 Å². The number of carboxylic acids is 1. The lowest BCUT2D eigenvalue weighted by atomic mass is 10.3. The summed E-state index contributed by atoms with van der Waals surface area (Å²) in [6.45, 7) is -0.617. The largest absolute Gasteiger partial charge is 0.479 e. The summed E-state index contributed by atoms with van der Waals surface area (Å²) in [5, 5.41) is 8.18. The molecule has 0 aliphatic heterocycles. The van der Waals surface area contributed by atoms with Crippen LogP contribution in [0.4, 0.5) is 0 Å². The fourth-order valence-corrected chi connectivity index (χ4v) is 2.08. The van der Waals surface area contributed by atoms with E-state index in [0.717, 1.165) is 0 Å². The van der Waals surface area contributed by atoms with Crippen LogP contribution in [-0.4, -0.2) is 17.7 Å². The smallest absolute Gasteiger partial charge is 0.341 e. The highest BCUT2D eigenvalue weighted by atomic mass is 35.5. The highest BCUT2D eigenvalue weighted by molar-refractivity contribution is 6.55. The number of rotatable bonds is 3. The molecule has 0 fully saturated rings. The lowest BCUT2D eigenvalue weighted by Gasteiger charge is -2.12. The first-order valence-electron chi connectivity index (χ1n) is 3.72. The van der Waals surface area contributed by atoms with Gasteiger partial charge >= 0.3 is 5.97 Å². The van der Waals surface area contributed by atoms with Gasteiger partial charge in [0.25, 0.3) is 0 Å². The third-order valence-electron chi connectivity index (χ3n) is 1.51. The van der Waals surface area contributed by atoms with Crippen molar-refractivity contribution in [2.24, 2.45) is 0 Å². The van der Waals surface area contributed by atoms with Gasteiger partial charge < -0.3 is 9.84 Å². The van der Waals surface area contributed by atoms with Gasteiger partial charge in [0.05, 0.1) is 15.1 Å². The number of hydrogen-bond donors (Lipinski definition) is 1. The molecule has 0 atom stereocenters. The Morgan fingerprint density at radius 1 is 0.938 bits per heavy atom. The van der Waals surface area contributed by atoms with E-state index in [4.69, 9.17) is 67.8 Å². The van der Waals surface area contributed by atoms with Crippen molar-refractivity contribution < 1.29 is 14.6 Å².